The molecular formula is C12H10F5N3O. The second-order valence-electron chi connectivity index (χ2n) is 5.13. The maximum Gasteiger partial charge on any atom is 0.458 e. The van der Waals surface area contributed by atoms with Crippen molar-refractivity contribution in [1.82, 2.24) is 14.8 Å². The molecule has 0 spiro atoms. The first-order valence-electron chi connectivity index (χ1n) is 6.18. The van der Waals surface area contributed by atoms with Crippen molar-refractivity contribution in [2.24, 2.45) is 7.05 Å². The van der Waals surface area contributed by atoms with E-state index in [1.807, 2.05) is 0 Å². The number of aromatic amines is 1. The lowest BCUT2D eigenvalue weighted by Crippen LogP contribution is -2.35. The lowest BCUT2D eigenvalue weighted by molar-refractivity contribution is -0.288. The fourth-order valence-corrected chi connectivity index (χ4v) is 2.35. The van der Waals surface area contributed by atoms with E-state index in [1.54, 1.807) is 0 Å². The molecule has 2 aromatic heterocycles. The molecule has 0 radical (unpaired) electrons. The smallest absolute Gasteiger partial charge is 0.307 e. The highest BCUT2D eigenvalue weighted by molar-refractivity contribution is 5.84. The molecule has 4 nitrogen and oxygen atoms in total. The molecule has 114 valence electrons. The van der Waals surface area contributed by atoms with E-state index in [0.29, 0.717) is 18.9 Å². The van der Waals surface area contributed by atoms with Gasteiger partial charge in [-0.3, -0.25) is 9.48 Å². The van der Waals surface area contributed by atoms with E-state index < -0.39 is 23.2 Å². The van der Waals surface area contributed by atoms with E-state index in [-0.39, 0.29) is 22.6 Å². The number of rotatable bonds is 2. The summed E-state index contributed by atoms with van der Waals surface area (Å²) in [5.74, 6) is -5.24. The number of hydrogen-bond donors (Lipinski definition) is 1. The summed E-state index contributed by atoms with van der Waals surface area (Å²) in [5, 5.41) is 3.69. The molecule has 1 N–H and O–H groups in total. The van der Waals surface area contributed by atoms with Gasteiger partial charge in [-0.2, -0.15) is 27.1 Å². The molecule has 0 unspecified atom stereocenters. The van der Waals surface area contributed by atoms with E-state index in [1.165, 1.54) is 7.05 Å². The maximum atomic E-state index is 13.7. The second kappa shape index (κ2) is 4.05. The minimum Gasteiger partial charge on any atom is -0.307 e. The Labute approximate surface area is 114 Å². The van der Waals surface area contributed by atoms with Crippen LogP contribution in [-0.4, -0.2) is 20.9 Å². The van der Waals surface area contributed by atoms with Crippen molar-refractivity contribution < 1.29 is 22.0 Å². The van der Waals surface area contributed by atoms with Gasteiger partial charge in [0.05, 0.1) is 11.1 Å². The average Bonchev–Trinajstić information content (AvgIpc) is 3.13. The van der Waals surface area contributed by atoms with Crippen molar-refractivity contribution in [2.45, 2.75) is 30.9 Å². The number of aryl methyl sites for hydroxylation is 1. The average molecular weight is 307 g/mol. The van der Waals surface area contributed by atoms with Crippen LogP contribution in [0.3, 0.4) is 0 Å². The molecule has 0 aliphatic heterocycles. The summed E-state index contributed by atoms with van der Waals surface area (Å²) in [6.45, 7) is 0. The van der Waals surface area contributed by atoms with Gasteiger partial charge >= 0.3 is 12.1 Å². The highest BCUT2D eigenvalue weighted by Crippen LogP contribution is 2.49. The number of pyridine rings is 1. The number of nitrogens with one attached hydrogen (secondary N) is 1. The quantitative estimate of drug-likeness (QED) is 0.867. The predicted molar refractivity (Wildman–Crippen MR) is 63.3 cm³/mol. The van der Waals surface area contributed by atoms with Gasteiger partial charge in [0.25, 0.3) is 0 Å². The number of fused-ring (bicyclic) bond motifs is 1. The topological polar surface area (TPSA) is 50.7 Å². The summed E-state index contributed by atoms with van der Waals surface area (Å²) in [6, 6.07) is 0.309. The fourth-order valence-electron chi connectivity index (χ4n) is 2.35. The van der Waals surface area contributed by atoms with Crippen molar-refractivity contribution in [2.75, 3.05) is 0 Å². The number of aromatic nitrogens is 3. The number of H-pyrrole nitrogens is 1. The number of halogens is 5. The Bertz CT molecular complexity index is 770. The number of alkyl halides is 5. The van der Waals surface area contributed by atoms with Gasteiger partial charge in [-0.05, 0) is 12.8 Å². The lowest BCUT2D eigenvalue weighted by atomic mass is 10.0. The molecule has 0 bridgehead atoms. The lowest BCUT2D eigenvalue weighted by Gasteiger charge is -2.20. The van der Waals surface area contributed by atoms with Gasteiger partial charge in [0.1, 0.15) is 5.65 Å². The highest BCUT2D eigenvalue weighted by Gasteiger charge is 2.60. The Morgan fingerprint density at radius 1 is 1.29 bits per heavy atom. The minimum absolute atomic E-state index is 0.122. The van der Waals surface area contributed by atoms with Crippen molar-refractivity contribution in [1.29, 1.82) is 0 Å². The molecule has 1 fully saturated rings. The Morgan fingerprint density at radius 2 is 1.90 bits per heavy atom. The van der Waals surface area contributed by atoms with Crippen LogP contribution in [0, 0.1) is 0 Å². The summed E-state index contributed by atoms with van der Waals surface area (Å²) in [5.41, 5.74) is -2.29. The predicted octanol–water partition coefficient (Wildman–Crippen LogP) is 2.79. The molecule has 1 saturated carbocycles. The highest BCUT2D eigenvalue weighted by atomic mass is 19.4. The Hall–Kier alpha value is -1.93. The van der Waals surface area contributed by atoms with Gasteiger partial charge in [0, 0.05) is 24.6 Å². The first kappa shape index (κ1) is 14.0. The Balaban J connectivity index is 2.39. The van der Waals surface area contributed by atoms with E-state index in [9.17, 15) is 26.7 Å². The SMILES string of the molecule is Cn1nc(C2CC2)c2c(C(F)(F)C(F)(F)F)cc(=O)[nH]c21. The van der Waals surface area contributed by atoms with Crippen LogP contribution in [0.15, 0.2) is 10.9 Å². The van der Waals surface area contributed by atoms with Crippen LogP contribution in [-0.2, 0) is 13.0 Å². The van der Waals surface area contributed by atoms with Gasteiger partial charge in [0.15, 0.2) is 0 Å². The largest absolute Gasteiger partial charge is 0.458 e. The molecule has 0 atom stereocenters. The molecule has 1 aliphatic carbocycles. The van der Waals surface area contributed by atoms with Crippen molar-refractivity contribution in [3.8, 4) is 0 Å². The first-order chi connectivity index (χ1) is 9.63. The molecule has 2 heterocycles. The van der Waals surface area contributed by atoms with Crippen LogP contribution in [0.5, 0.6) is 0 Å². The third-order valence-electron chi connectivity index (χ3n) is 3.52. The molecule has 0 saturated heterocycles. The Kier molecular flexibility index (Phi) is 2.70. The van der Waals surface area contributed by atoms with Crippen LogP contribution < -0.4 is 5.56 Å². The summed E-state index contributed by atoms with van der Waals surface area (Å²) in [4.78, 5) is 13.7. The van der Waals surface area contributed by atoms with E-state index >= 15 is 0 Å². The number of nitrogens with zero attached hydrogens (tertiary/aromatic N) is 2. The summed E-state index contributed by atoms with van der Waals surface area (Å²) >= 11 is 0. The third-order valence-corrected chi connectivity index (χ3v) is 3.52. The van der Waals surface area contributed by atoms with E-state index in [0.717, 1.165) is 4.68 Å². The minimum atomic E-state index is -5.77. The zero-order valence-corrected chi connectivity index (χ0v) is 10.8. The molecule has 1 aliphatic rings. The fraction of sp³-hybridized carbons (Fsp3) is 0.500. The number of hydrogen-bond acceptors (Lipinski definition) is 2. The van der Waals surface area contributed by atoms with Crippen LogP contribution in [0.4, 0.5) is 22.0 Å². The van der Waals surface area contributed by atoms with Gasteiger partial charge in [-0.1, -0.05) is 0 Å². The summed E-state index contributed by atoms with van der Waals surface area (Å²) in [7, 11) is 1.39. The van der Waals surface area contributed by atoms with Crippen LogP contribution in [0.2, 0.25) is 0 Å². The van der Waals surface area contributed by atoms with Crippen LogP contribution in [0.1, 0.15) is 30.0 Å². The van der Waals surface area contributed by atoms with Gasteiger partial charge in [-0.25, -0.2) is 0 Å². The van der Waals surface area contributed by atoms with Crippen LogP contribution >= 0.6 is 0 Å². The zero-order valence-electron chi connectivity index (χ0n) is 10.8. The molecule has 2 aromatic rings. The second-order valence-corrected chi connectivity index (χ2v) is 5.13. The summed E-state index contributed by atoms with van der Waals surface area (Å²) in [6.07, 6.45) is -4.41. The van der Waals surface area contributed by atoms with E-state index in [4.69, 9.17) is 0 Å². The molecule has 0 amide bonds. The molecule has 21 heavy (non-hydrogen) atoms. The standard InChI is InChI=1S/C12H10F5N3O/c1-20-10-8(9(19-20)5-2-3-5)6(4-7(21)18-10)11(13,14)12(15,16)17/h4-5H,2-3H2,1H3,(H,18,21). The normalized spacial score (nSPS) is 16.7. The van der Waals surface area contributed by atoms with Crippen LogP contribution in [0.25, 0.3) is 11.0 Å². The summed E-state index contributed by atoms with van der Waals surface area (Å²) < 4.78 is 66.5. The van der Waals surface area contributed by atoms with Crippen molar-refractivity contribution in [3.63, 3.8) is 0 Å². The molecule has 9 heteroatoms. The van der Waals surface area contributed by atoms with Gasteiger partial charge in [-0.15, -0.1) is 0 Å². The first-order valence-corrected chi connectivity index (χ1v) is 6.18. The molecule has 3 rings (SSSR count). The van der Waals surface area contributed by atoms with Gasteiger partial charge < -0.3 is 4.98 Å². The van der Waals surface area contributed by atoms with Crippen molar-refractivity contribution in [3.05, 3.63) is 27.7 Å². The van der Waals surface area contributed by atoms with Crippen molar-refractivity contribution >= 4 is 11.0 Å². The monoisotopic (exact) mass is 307 g/mol. The Morgan fingerprint density at radius 3 is 2.43 bits per heavy atom. The maximum absolute atomic E-state index is 13.7. The zero-order chi connectivity index (χ0) is 15.6. The van der Waals surface area contributed by atoms with E-state index in [2.05, 4.69) is 10.1 Å². The molecule has 0 aromatic carbocycles. The third kappa shape index (κ3) is 2.02. The van der Waals surface area contributed by atoms with Gasteiger partial charge in [0.2, 0.25) is 5.56 Å². The molecular weight excluding hydrogens is 297 g/mol.